The molecule has 31 heavy (non-hydrogen) atoms. The summed E-state index contributed by atoms with van der Waals surface area (Å²) in [5, 5.41) is 3.34. The highest BCUT2D eigenvalue weighted by molar-refractivity contribution is 5.83. The monoisotopic (exact) mass is 422 g/mol. The van der Waals surface area contributed by atoms with Gasteiger partial charge in [-0.1, -0.05) is 54.6 Å². The van der Waals surface area contributed by atoms with Crippen LogP contribution in [0.15, 0.2) is 54.6 Å². The van der Waals surface area contributed by atoms with Crippen molar-refractivity contribution >= 4 is 11.8 Å². The van der Waals surface area contributed by atoms with Crippen LogP contribution < -0.4 is 5.32 Å². The molecule has 1 fully saturated rings. The van der Waals surface area contributed by atoms with Gasteiger partial charge in [0.1, 0.15) is 0 Å². The number of nitrogens with zero attached hydrogens (tertiary/aromatic N) is 1. The van der Waals surface area contributed by atoms with Gasteiger partial charge in [0.05, 0.1) is 19.7 Å². The number of Topliss-reactive ketones (excluding diaryl/α,β-unsaturated/α-hetero) is 1. The summed E-state index contributed by atoms with van der Waals surface area (Å²) < 4.78 is 5.12. The number of hydrogen-bond donors (Lipinski definition) is 1. The second-order valence-corrected chi connectivity index (χ2v) is 8.21. The Balaban J connectivity index is 1.52. The first-order valence-corrected chi connectivity index (χ1v) is 11.4. The fourth-order valence-corrected chi connectivity index (χ4v) is 4.13. The molecule has 0 unspecified atom stereocenters. The Kier molecular flexibility index (Phi) is 9.25. The van der Waals surface area contributed by atoms with Gasteiger partial charge < -0.3 is 10.1 Å². The number of hydrogen-bond acceptors (Lipinski definition) is 5. The van der Waals surface area contributed by atoms with Gasteiger partial charge in [-0.3, -0.25) is 14.5 Å². The minimum absolute atomic E-state index is 0.139. The lowest BCUT2D eigenvalue weighted by atomic mass is 10.0. The van der Waals surface area contributed by atoms with Crippen molar-refractivity contribution in [1.29, 1.82) is 0 Å². The number of nitrogens with one attached hydrogen (secondary N) is 1. The van der Waals surface area contributed by atoms with E-state index in [1.807, 2.05) is 11.0 Å². The lowest BCUT2D eigenvalue weighted by molar-refractivity contribution is -0.145. The van der Waals surface area contributed by atoms with Gasteiger partial charge in [-0.15, -0.1) is 0 Å². The van der Waals surface area contributed by atoms with E-state index in [9.17, 15) is 9.59 Å². The number of esters is 1. The molecule has 0 atom stereocenters. The zero-order valence-electron chi connectivity index (χ0n) is 18.5. The van der Waals surface area contributed by atoms with Crippen molar-refractivity contribution in [3.63, 3.8) is 0 Å². The molecule has 1 N–H and O–H groups in total. The number of carbonyl (C=O) groups is 2. The van der Waals surface area contributed by atoms with E-state index in [2.05, 4.69) is 53.8 Å². The molecular formula is C26H34N2O3. The zero-order chi connectivity index (χ0) is 21.9. The fourth-order valence-electron chi connectivity index (χ4n) is 4.13. The third-order valence-electron chi connectivity index (χ3n) is 5.81. The van der Waals surface area contributed by atoms with Gasteiger partial charge in [0.25, 0.3) is 0 Å². The van der Waals surface area contributed by atoms with Crippen LogP contribution in [-0.2, 0) is 33.6 Å². The molecule has 0 spiro atoms. The van der Waals surface area contributed by atoms with Crippen LogP contribution in [0.25, 0.3) is 0 Å². The summed E-state index contributed by atoms with van der Waals surface area (Å²) in [6, 6.07) is 19.1. The number of carbonyl (C=O) groups excluding carboxylic acids is 2. The van der Waals surface area contributed by atoms with Crippen LogP contribution in [-0.4, -0.2) is 55.5 Å². The van der Waals surface area contributed by atoms with E-state index in [1.165, 1.54) is 11.1 Å². The van der Waals surface area contributed by atoms with E-state index in [4.69, 9.17) is 4.74 Å². The second-order valence-electron chi connectivity index (χ2n) is 8.21. The zero-order valence-corrected chi connectivity index (χ0v) is 18.5. The molecule has 1 aliphatic heterocycles. The normalized spacial score (nSPS) is 14.5. The molecule has 1 heterocycles. The quantitative estimate of drug-likeness (QED) is 0.564. The molecule has 0 amide bonds. The van der Waals surface area contributed by atoms with Gasteiger partial charge in [-0.05, 0) is 62.4 Å². The lowest BCUT2D eigenvalue weighted by Crippen LogP contribution is -2.47. The van der Waals surface area contributed by atoms with E-state index in [0.717, 1.165) is 44.3 Å². The van der Waals surface area contributed by atoms with E-state index < -0.39 is 0 Å². The largest absolute Gasteiger partial charge is 0.465 e. The molecule has 5 nitrogen and oxygen atoms in total. The molecule has 0 bridgehead atoms. The van der Waals surface area contributed by atoms with E-state index in [0.29, 0.717) is 19.6 Å². The molecule has 2 aromatic carbocycles. The van der Waals surface area contributed by atoms with Crippen molar-refractivity contribution < 1.29 is 14.3 Å². The van der Waals surface area contributed by atoms with Crippen LogP contribution in [0.5, 0.6) is 0 Å². The highest BCUT2D eigenvalue weighted by Gasteiger charge is 2.25. The Morgan fingerprint density at radius 1 is 0.903 bits per heavy atom. The Morgan fingerprint density at radius 2 is 1.52 bits per heavy atom. The minimum Gasteiger partial charge on any atom is -0.465 e. The van der Waals surface area contributed by atoms with E-state index in [-0.39, 0.29) is 24.3 Å². The van der Waals surface area contributed by atoms with Gasteiger partial charge in [0.15, 0.2) is 5.78 Å². The molecule has 2 aromatic rings. The summed E-state index contributed by atoms with van der Waals surface area (Å²) in [6.07, 6.45) is 4.29. The van der Waals surface area contributed by atoms with Gasteiger partial charge in [-0.25, -0.2) is 0 Å². The number of piperidine rings is 1. The SMILES string of the molecule is CCOC(=O)CN(CC(=O)Cc1ccc(CCc2ccccc2)cc1)C1CCNCC1. The second kappa shape index (κ2) is 12.4. The third-order valence-corrected chi connectivity index (χ3v) is 5.81. The average molecular weight is 423 g/mol. The number of ketones is 1. The average Bonchev–Trinajstić information content (AvgIpc) is 2.79. The lowest BCUT2D eigenvalue weighted by Gasteiger charge is -2.33. The summed E-state index contributed by atoms with van der Waals surface area (Å²) in [7, 11) is 0. The third kappa shape index (κ3) is 7.93. The smallest absolute Gasteiger partial charge is 0.320 e. The molecule has 5 heteroatoms. The van der Waals surface area contributed by atoms with Crippen LogP contribution in [0.4, 0.5) is 0 Å². The summed E-state index contributed by atoms with van der Waals surface area (Å²) in [5.74, 6) is -0.114. The summed E-state index contributed by atoms with van der Waals surface area (Å²) in [6.45, 7) is 4.48. The van der Waals surface area contributed by atoms with E-state index in [1.54, 1.807) is 6.92 Å². The number of aryl methyl sites for hydroxylation is 2. The standard InChI is InChI=1S/C26H34N2O3/c1-2-31-26(30)20-28(24-14-16-27-17-15-24)19-25(29)18-23-12-10-22(11-13-23)9-8-21-6-4-3-5-7-21/h3-7,10-13,24,27H,2,8-9,14-20H2,1H3. The van der Waals surface area contributed by atoms with Crippen molar-refractivity contribution in [2.24, 2.45) is 0 Å². The first-order valence-electron chi connectivity index (χ1n) is 11.4. The number of rotatable bonds is 11. The minimum atomic E-state index is -0.253. The van der Waals surface area contributed by atoms with Crippen molar-refractivity contribution in [1.82, 2.24) is 10.2 Å². The van der Waals surface area contributed by atoms with E-state index >= 15 is 0 Å². The fraction of sp³-hybridized carbons (Fsp3) is 0.462. The molecule has 1 aliphatic rings. The van der Waals surface area contributed by atoms with Gasteiger partial charge in [0.2, 0.25) is 0 Å². The summed E-state index contributed by atoms with van der Waals surface area (Å²) in [5.41, 5.74) is 3.63. The maximum atomic E-state index is 12.8. The van der Waals surface area contributed by atoms with Crippen LogP contribution >= 0.6 is 0 Å². The number of benzene rings is 2. The van der Waals surface area contributed by atoms with Crippen LogP contribution in [0.2, 0.25) is 0 Å². The predicted molar refractivity (Wildman–Crippen MR) is 123 cm³/mol. The van der Waals surface area contributed by atoms with Crippen molar-refractivity contribution in [3.05, 3.63) is 71.3 Å². The van der Waals surface area contributed by atoms with Gasteiger partial charge in [-0.2, -0.15) is 0 Å². The molecule has 0 saturated carbocycles. The van der Waals surface area contributed by atoms with Crippen molar-refractivity contribution in [3.8, 4) is 0 Å². The maximum absolute atomic E-state index is 12.8. The molecule has 166 valence electrons. The Morgan fingerprint density at radius 3 is 2.16 bits per heavy atom. The van der Waals surface area contributed by atoms with Crippen molar-refractivity contribution in [2.45, 2.75) is 45.1 Å². The first-order chi connectivity index (χ1) is 15.1. The summed E-state index contributed by atoms with van der Waals surface area (Å²) >= 11 is 0. The van der Waals surface area contributed by atoms with Crippen LogP contribution in [0, 0.1) is 0 Å². The molecular weight excluding hydrogens is 388 g/mol. The molecule has 0 radical (unpaired) electrons. The number of ether oxygens (including phenoxy) is 1. The van der Waals surface area contributed by atoms with Crippen molar-refractivity contribution in [2.75, 3.05) is 32.8 Å². The molecule has 0 aliphatic carbocycles. The van der Waals surface area contributed by atoms with Gasteiger partial charge >= 0.3 is 5.97 Å². The molecule has 1 saturated heterocycles. The Labute approximate surface area is 185 Å². The Bertz CT molecular complexity index is 814. The molecule has 0 aromatic heterocycles. The Hall–Kier alpha value is -2.50. The summed E-state index contributed by atoms with van der Waals surface area (Å²) in [4.78, 5) is 26.8. The maximum Gasteiger partial charge on any atom is 0.320 e. The molecule has 3 rings (SSSR count). The van der Waals surface area contributed by atoms with Crippen LogP contribution in [0.1, 0.15) is 36.5 Å². The van der Waals surface area contributed by atoms with Gasteiger partial charge in [0, 0.05) is 12.5 Å². The predicted octanol–water partition coefficient (Wildman–Crippen LogP) is 3.20. The first kappa shape index (κ1) is 23.2. The van der Waals surface area contributed by atoms with Crippen LogP contribution in [0.3, 0.4) is 0 Å². The topological polar surface area (TPSA) is 58.6 Å². The highest BCUT2D eigenvalue weighted by atomic mass is 16.5. The highest BCUT2D eigenvalue weighted by Crippen LogP contribution is 2.14.